The first-order valence-corrected chi connectivity index (χ1v) is 8.37. The maximum Gasteiger partial charge on any atom is 0.268 e. The number of halogens is 1. The summed E-state index contributed by atoms with van der Waals surface area (Å²) in [6, 6.07) is 5.89. The number of piperidine rings is 1. The van der Waals surface area contributed by atoms with E-state index in [-0.39, 0.29) is 5.56 Å². The van der Waals surface area contributed by atoms with Crippen LogP contribution in [0.3, 0.4) is 0 Å². The van der Waals surface area contributed by atoms with Gasteiger partial charge in [-0.05, 0) is 44.0 Å². The number of nitrogens with zero attached hydrogens (tertiary/aromatic N) is 2. The maximum atomic E-state index is 12.5. The second-order valence-corrected chi connectivity index (χ2v) is 6.89. The Hall–Kier alpha value is -0.840. The Kier molecular flexibility index (Phi) is 4.15. The molecule has 0 spiro atoms. The van der Waals surface area contributed by atoms with Gasteiger partial charge in [0.1, 0.15) is 0 Å². The first-order valence-electron chi connectivity index (χ1n) is 7.22. The van der Waals surface area contributed by atoms with E-state index in [0.717, 1.165) is 36.0 Å². The highest BCUT2D eigenvalue weighted by Crippen LogP contribution is 2.28. The van der Waals surface area contributed by atoms with Crippen molar-refractivity contribution in [2.75, 3.05) is 19.6 Å². The van der Waals surface area contributed by atoms with Gasteiger partial charge in [0.2, 0.25) is 0 Å². The van der Waals surface area contributed by atoms with Gasteiger partial charge in [-0.2, -0.15) is 0 Å². The molecule has 2 aromatic rings. The zero-order valence-electron chi connectivity index (χ0n) is 11.6. The van der Waals surface area contributed by atoms with Crippen molar-refractivity contribution in [1.29, 1.82) is 0 Å². The highest BCUT2D eigenvalue weighted by Gasteiger charge is 2.22. The van der Waals surface area contributed by atoms with Crippen molar-refractivity contribution in [3.63, 3.8) is 0 Å². The lowest BCUT2D eigenvalue weighted by Gasteiger charge is -2.31. The van der Waals surface area contributed by atoms with Crippen LogP contribution in [0.2, 0.25) is 5.02 Å². The molecule has 20 heavy (non-hydrogen) atoms. The molecular weight excluding hydrogens is 292 g/mol. The third-order valence-corrected chi connectivity index (χ3v) is 5.43. The molecule has 0 unspecified atom stereocenters. The van der Waals surface area contributed by atoms with Gasteiger partial charge in [-0.3, -0.25) is 8.75 Å². The Bertz CT molecular complexity index is 655. The lowest BCUT2D eigenvalue weighted by molar-refractivity contribution is 0.190. The molecule has 0 aliphatic carbocycles. The fourth-order valence-electron chi connectivity index (χ4n) is 2.95. The summed E-state index contributed by atoms with van der Waals surface area (Å²) in [5.74, 6) is 0. The highest BCUT2D eigenvalue weighted by atomic mass is 35.5. The minimum atomic E-state index is 0.149. The Morgan fingerprint density at radius 1 is 1.35 bits per heavy atom. The summed E-state index contributed by atoms with van der Waals surface area (Å²) in [5.41, 5.74) is 0.149. The highest BCUT2D eigenvalue weighted by molar-refractivity contribution is 7.13. The van der Waals surface area contributed by atoms with E-state index >= 15 is 0 Å². The molecule has 0 atom stereocenters. The molecule has 2 heterocycles. The number of benzene rings is 1. The van der Waals surface area contributed by atoms with Crippen LogP contribution < -0.4 is 5.56 Å². The van der Waals surface area contributed by atoms with Crippen LogP contribution in [0.5, 0.6) is 0 Å². The Balaban J connectivity index is 1.85. The van der Waals surface area contributed by atoms with Crippen molar-refractivity contribution in [3.8, 4) is 0 Å². The van der Waals surface area contributed by atoms with E-state index in [9.17, 15) is 4.79 Å². The predicted molar refractivity (Wildman–Crippen MR) is 86.1 cm³/mol. The zero-order valence-corrected chi connectivity index (χ0v) is 13.2. The van der Waals surface area contributed by atoms with E-state index in [0.29, 0.717) is 11.1 Å². The largest absolute Gasteiger partial charge is 0.303 e. The molecule has 0 N–H and O–H groups in total. The van der Waals surface area contributed by atoms with Gasteiger partial charge in [-0.25, -0.2) is 0 Å². The minimum Gasteiger partial charge on any atom is -0.303 e. The molecule has 3 nitrogen and oxygen atoms in total. The minimum absolute atomic E-state index is 0.149. The average molecular weight is 311 g/mol. The van der Waals surface area contributed by atoms with Gasteiger partial charge >= 0.3 is 0 Å². The molecule has 1 aromatic carbocycles. The van der Waals surface area contributed by atoms with Crippen LogP contribution in [0, 0.1) is 0 Å². The zero-order chi connectivity index (χ0) is 14.1. The van der Waals surface area contributed by atoms with Crippen molar-refractivity contribution in [2.45, 2.75) is 32.2 Å². The van der Waals surface area contributed by atoms with E-state index in [1.807, 2.05) is 16.1 Å². The smallest absolute Gasteiger partial charge is 0.268 e. The second-order valence-electron chi connectivity index (χ2n) is 5.44. The van der Waals surface area contributed by atoms with Gasteiger partial charge in [0, 0.05) is 18.1 Å². The molecule has 1 aromatic heterocycles. The normalized spacial score (nSPS) is 17.9. The summed E-state index contributed by atoms with van der Waals surface area (Å²) in [4.78, 5) is 15.0. The van der Waals surface area contributed by atoms with Crippen molar-refractivity contribution >= 4 is 33.2 Å². The van der Waals surface area contributed by atoms with Crippen molar-refractivity contribution in [2.24, 2.45) is 0 Å². The molecule has 0 amide bonds. The van der Waals surface area contributed by atoms with Crippen LogP contribution in [0.25, 0.3) is 10.1 Å². The van der Waals surface area contributed by atoms with E-state index in [2.05, 4.69) is 11.8 Å². The standard InChI is InChI=1S/C15H19ClN2OS/c1-2-7-17-8-5-12(6-9-17)18-15(19)13-4-3-11(16)10-14(13)20-18/h3-4,10,12H,2,5-9H2,1H3. The summed E-state index contributed by atoms with van der Waals surface area (Å²) >= 11 is 7.57. The van der Waals surface area contributed by atoms with Gasteiger partial charge in [0.25, 0.3) is 5.56 Å². The van der Waals surface area contributed by atoms with Gasteiger partial charge in [0.15, 0.2) is 0 Å². The van der Waals surface area contributed by atoms with Crippen LogP contribution in [0.4, 0.5) is 0 Å². The topological polar surface area (TPSA) is 25.2 Å². The van der Waals surface area contributed by atoms with Gasteiger partial charge in [0.05, 0.1) is 16.1 Å². The molecule has 1 aliphatic rings. The SMILES string of the molecule is CCCN1CCC(n2sc3cc(Cl)ccc3c2=O)CC1. The van der Waals surface area contributed by atoms with Gasteiger partial charge in [-0.1, -0.05) is 30.1 Å². The summed E-state index contributed by atoms with van der Waals surface area (Å²) in [7, 11) is 0. The third kappa shape index (κ3) is 2.65. The summed E-state index contributed by atoms with van der Waals surface area (Å²) < 4.78 is 2.96. The van der Waals surface area contributed by atoms with Crippen LogP contribution >= 0.6 is 23.1 Å². The average Bonchev–Trinajstić information content (AvgIpc) is 2.77. The maximum absolute atomic E-state index is 12.5. The Morgan fingerprint density at radius 2 is 2.10 bits per heavy atom. The Labute approximate surface area is 127 Å². The fraction of sp³-hybridized carbons (Fsp3) is 0.533. The Morgan fingerprint density at radius 3 is 2.80 bits per heavy atom. The molecule has 1 saturated heterocycles. The third-order valence-electron chi connectivity index (χ3n) is 4.00. The predicted octanol–water partition coefficient (Wildman–Crippen LogP) is 3.76. The monoisotopic (exact) mass is 310 g/mol. The van der Waals surface area contributed by atoms with Crippen molar-refractivity contribution < 1.29 is 0 Å². The molecule has 5 heteroatoms. The van der Waals surface area contributed by atoms with Crippen molar-refractivity contribution in [3.05, 3.63) is 33.6 Å². The van der Waals surface area contributed by atoms with Gasteiger partial charge in [-0.15, -0.1) is 0 Å². The first-order chi connectivity index (χ1) is 9.69. The summed E-state index contributed by atoms with van der Waals surface area (Å²) in [5, 5.41) is 1.50. The van der Waals surface area contributed by atoms with Crippen LogP contribution in [0.1, 0.15) is 32.2 Å². The molecule has 0 radical (unpaired) electrons. The van der Waals surface area contributed by atoms with Crippen LogP contribution in [-0.2, 0) is 0 Å². The van der Waals surface area contributed by atoms with E-state index < -0.39 is 0 Å². The number of likely N-dealkylation sites (tertiary alicyclic amines) is 1. The number of hydrogen-bond donors (Lipinski definition) is 0. The van der Waals surface area contributed by atoms with Crippen LogP contribution in [0.15, 0.2) is 23.0 Å². The summed E-state index contributed by atoms with van der Waals surface area (Å²) in [6.07, 6.45) is 3.34. The van der Waals surface area contributed by atoms with E-state index in [1.165, 1.54) is 13.0 Å². The number of hydrogen-bond acceptors (Lipinski definition) is 3. The van der Waals surface area contributed by atoms with E-state index in [4.69, 9.17) is 11.6 Å². The van der Waals surface area contributed by atoms with Crippen LogP contribution in [-0.4, -0.2) is 28.5 Å². The first kappa shape index (κ1) is 14.1. The molecule has 1 aliphatic heterocycles. The number of rotatable bonds is 3. The van der Waals surface area contributed by atoms with Gasteiger partial charge < -0.3 is 4.90 Å². The summed E-state index contributed by atoms with van der Waals surface area (Å²) in [6.45, 7) is 5.58. The molecule has 0 saturated carbocycles. The lowest BCUT2D eigenvalue weighted by atomic mass is 10.1. The lowest BCUT2D eigenvalue weighted by Crippen LogP contribution is -2.36. The molecule has 0 bridgehead atoms. The fourth-order valence-corrected chi connectivity index (χ4v) is 4.37. The number of fused-ring (bicyclic) bond motifs is 1. The van der Waals surface area contributed by atoms with E-state index in [1.54, 1.807) is 17.6 Å². The molecule has 3 rings (SSSR count). The molecular formula is C15H19ClN2OS. The quantitative estimate of drug-likeness (QED) is 0.862. The second kappa shape index (κ2) is 5.88. The van der Waals surface area contributed by atoms with Crippen molar-refractivity contribution in [1.82, 2.24) is 8.86 Å². The molecule has 108 valence electrons. The molecule has 1 fully saturated rings. The number of aromatic nitrogens is 1.